The Balaban J connectivity index is 2.17. The number of thioether (sulfide) groups is 1. The lowest BCUT2D eigenvalue weighted by atomic mass is 10.1. The zero-order valence-corrected chi connectivity index (χ0v) is 11.9. The maximum absolute atomic E-state index is 11.5. The number of H-pyrrole nitrogens is 1. The van der Waals surface area contributed by atoms with E-state index in [1.807, 2.05) is 31.2 Å². The number of rotatable bonds is 4. The Hall–Kier alpha value is -1.97. The first-order valence-corrected chi connectivity index (χ1v) is 7.20. The molecule has 0 fully saturated rings. The van der Waals surface area contributed by atoms with Crippen LogP contribution in [0.2, 0.25) is 0 Å². The molecule has 1 aromatic carbocycles. The van der Waals surface area contributed by atoms with Crippen molar-refractivity contribution in [3.05, 3.63) is 45.9 Å². The summed E-state index contributed by atoms with van der Waals surface area (Å²) in [6.45, 7) is 2.33. The lowest BCUT2D eigenvalue weighted by Crippen LogP contribution is -2.16. The second-order valence-electron chi connectivity index (χ2n) is 3.96. The summed E-state index contributed by atoms with van der Waals surface area (Å²) >= 11 is 1.48. The van der Waals surface area contributed by atoms with Crippen molar-refractivity contribution >= 4 is 11.8 Å². The number of nitrogens with zero attached hydrogens (tertiary/aromatic N) is 2. The molecule has 6 heteroatoms. The van der Waals surface area contributed by atoms with Gasteiger partial charge in [-0.15, -0.1) is 5.10 Å². The predicted octanol–water partition coefficient (Wildman–Crippen LogP) is 1.23. The van der Waals surface area contributed by atoms with E-state index >= 15 is 0 Å². The topological polar surface area (TPSA) is 70.9 Å². The zero-order valence-electron chi connectivity index (χ0n) is 11.1. The minimum atomic E-state index is -0.191. The van der Waals surface area contributed by atoms with E-state index in [0.29, 0.717) is 17.5 Å². The van der Waals surface area contributed by atoms with E-state index in [4.69, 9.17) is 5.11 Å². The standard InChI is InChI=1S/C14H15N3O2S/c1-2-17-13(19)15-16-14(17)20-10-12-7-4-3-6-11(12)8-5-9-18/h3-4,6-7,18H,2,9-10H2,1H3,(H,15,19). The maximum atomic E-state index is 11.5. The molecule has 2 aromatic rings. The van der Waals surface area contributed by atoms with Gasteiger partial charge in [-0.25, -0.2) is 9.89 Å². The number of aliphatic hydroxyl groups is 1. The van der Waals surface area contributed by atoms with E-state index in [9.17, 15) is 4.79 Å². The first-order valence-electron chi connectivity index (χ1n) is 6.22. The smallest absolute Gasteiger partial charge is 0.343 e. The Morgan fingerprint density at radius 2 is 2.25 bits per heavy atom. The van der Waals surface area contributed by atoms with Crippen molar-refractivity contribution in [3.8, 4) is 11.8 Å². The van der Waals surface area contributed by atoms with Crippen LogP contribution in [-0.2, 0) is 12.3 Å². The minimum Gasteiger partial charge on any atom is -0.384 e. The molecule has 0 saturated carbocycles. The first-order chi connectivity index (χ1) is 9.76. The van der Waals surface area contributed by atoms with E-state index in [1.165, 1.54) is 11.8 Å². The van der Waals surface area contributed by atoms with Crippen LogP contribution >= 0.6 is 11.8 Å². The molecule has 0 aliphatic rings. The summed E-state index contributed by atoms with van der Waals surface area (Å²) < 4.78 is 1.59. The van der Waals surface area contributed by atoms with Crippen molar-refractivity contribution in [1.82, 2.24) is 14.8 Å². The summed E-state index contributed by atoms with van der Waals surface area (Å²) in [5.41, 5.74) is 1.75. The summed E-state index contributed by atoms with van der Waals surface area (Å²) in [5.74, 6) is 6.24. The number of nitrogens with one attached hydrogen (secondary N) is 1. The molecular weight excluding hydrogens is 274 g/mol. The predicted molar refractivity (Wildman–Crippen MR) is 78.5 cm³/mol. The van der Waals surface area contributed by atoms with Gasteiger partial charge in [0.2, 0.25) is 0 Å². The maximum Gasteiger partial charge on any atom is 0.343 e. The Kier molecular flexibility index (Phi) is 5.04. The average molecular weight is 289 g/mol. The molecule has 0 unspecified atom stereocenters. The summed E-state index contributed by atoms with van der Waals surface area (Å²) in [7, 11) is 0. The quantitative estimate of drug-likeness (QED) is 0.656. The Labute approximate surface area is 121 Å². The van der Waals surface area contributed by atoms with E-state index < -0.39 is 0 Å². The number of aromatic amines is 1. The van der Waals surface area contributed by atoms with Gasteiger partial charge in [0.15, 0.2) is 5.16 Å². The molecular formula is C14H15N3O2S. The number of hydrogen-bond donors (Lipinski definition) is 2. The van der Waals surface area contributed by atoms with Gasteiger partial charge in [-0.1, -0.05) is 41.8 Å². The summed E-state index contributed by atoms with van der Waals surface area (Å²) in [6.07, 6.45) is 0. The Bertz CT molecular complexity index is 694. The monoisotopic (exact) mass is 289 g/mol. The molecule has 1 aromatic heterocycles. The fraction of sp³-hybridized carbons (Fsp3) is 0.286. The summed E-state index contributed by atoms with van der Waals surface area (Å²) in [5, 5.41) is 15.9. The highest BCUT2D eigenvalue weighted by molar-refractivity contribution is 7.98. The van der Waals surface area contributed by atoms with E-state index in [-0.39, 0.29) is 12.3 Å². The third-order valence-electron chi connectivity index (χ3n) is 2.72. The molecule has 0 spiro atoms. The van der Waals surface area contributed by atoms with Crippen LogP contribution in [0.3, 0.4) is 0 Å². The second-order valence-corrected chi connectivity index (χ2v) is 4.90. The molecule has 104 valence electrons. The zero-order chi connectivity index (χ0) is 14.4. The third kappa shape index (κ3) is 3.32. The SMILES string of the molecule is CCn1c(SCc2ccccc2C#CCO)n[nH]c1=O. The lowest BCUT2D eigenvalue weighted by molar-refractivity contribution is 0.350. The summed E-state index contributed by atoms with van der Waals surface area (Å²) in [6, 6.07) is 7.75. The molecule has 0 aliphatic heterocycles. The van der Waals surface area contributed by atoms with Gasteiger partial charge in [-0.2, -0.15) is 0 Å². The highest BCUT2D eigenvalue weighted by Gasteiger charge is 2.08. The molecule has 0 atom stereocenters. The van der Waals surface area contributed by atoms with Crippen LogP contribution in [0.15, 0.2) is 34.2 Å². The molecule has 0 amide bonds. The molecule has 1 heterocycles. The van der Waals surface area contributed by atoms with Crippen LogP contribution in [0.4, 0.5) is 0 Å². The number of aromatic nitrogens is 3. The van der Waals surface area contributed by atoms with Gasteiger partial charge < -0.3 is 5.11 Å². The number of hydrogen-bond acceptors (Lipinski definition) is 4. The molecule has 0 saturated heterocycles. The van der Waals surface area contributed by atoms with Gasteiger partial charge in [0.1, 0.15) is 6.61 Å². The van der Waals surface area contributed by atoms with Gasteiger partial charge in [-0.3, -0.25) is 4.57 Å². The van der Waals surface area contributed by atoms with Crippen molar-refractivity contribution in [2.24, 2.45) is 0 Å². The highest BCUT2D eigenvalue weighted by Crippen LogP contribution is 2.21. The van der Waals surface area contributed by atoms with Gasteiger partial charge in [0.05, 0.1) is 0 Å². The number of aliphatic hydroxyl groups excluding tert-OH is 1. The molecule has 0 bridgehead atoms. The highest BCUT2D eigenvalue weighted by atomic mass is 32.2. The van der Waals surface area contributed by atoms with Gasteiger partial charge >= 0.3 is 5.69 Å². The third-order valence-corrected chi connectivity index (χ3v) is 3.74. The molecule has 5 nitrogen and oxygen atoms in total. The number of benzene rings is 1. The van der Waals surface area contributed by atoms with Crippen LogP contribution in [0.25, 0.3) is 0 Å². The summed E-state index contributed by atoms with van der Waals surface area (Å²) in [4.78, 5) is 11.5. The molecule has 2 rings (SSSR count). The van der Waals surface area contributed by atoms with Crippen molar-refractivity contribution in [2.45, 2.75) is 24.4 Å². The lowest BCUT2D eigenvalue weighted by Gasteiger charge is -2.04. The molecule has 0 aliphatic carbocycles. The van der Waals surface area contributed by atoms with Crippen LogP contribution < -0.4 is 5.69 Å². The fourth-order valence-electron chi connectivity index (χ4n) is 1.74. The van der Waals surface area contributed by atoms with Gasteiger partial charge in [0.25, 0.3) is 0 Å². The normalized spacial score (nSPS) is 10.1. The van der Waals surface area contributed by atoms with Crippen molar-refractivity contribution in [1.29, 1.82) is 0 Å². The first kappa shape index (κ1) is 14.4. The van der Waals surface area contributed by atoms with E-state index in [2.05, 4.69) is 22.0 Å². The molecule has 2 N–H and O–H groups in total. The van der Waals surface area contributed by atoms with E-state index in [1.54, 1.807) is 4.57 Å². The largest absolute Gasteiger partial charge is 0.384 e. The van der Waals surface area contributed by atoms with E-state index in [0.717, 1.165) is 11.1 Å². The van der Waals surface area contributed by atoms with Crippen molar-refractivity contribution in [3.63, 3.8) is 0 Å². The Morgan fingerprint density at radius 3 is 3.00 bits per heavy atom. The van der Waals surface area contributed by atoms with Crippen molar-refractivity contribution < 1.29 is 5.11 Å². The van der Waals surface area contributed by atoms with Gasteiger partial charge in [0, 0.05) is 17.9 Å². The van der Waals surface area contributed by atoms with Crippen molar-refractivity contribution in [2.75, 3.05) is 6.61 Å². The minimum absolute atomic E-state index is 0.157. The average Bonchev–Trinajstić information content (AvgIpc) is 2.83. The van der Waals surface area contributed by atoms with Gasteiger partial charge in [-0.05, 0) is 18.6 Å². The molecule has 0 radical (unpaired) electrons. The molecule has 20 heavy (non-hydrogen) atoms. The van der Waals surface area contributed by atoms with Crippen LogP contribution in [-0.4, -0.2) is 26.5 Å². The van der Waals surface area contributed by atoms with Crippen LogP contribution in [0.1, 0.15) is 18.1 Å². The second kappa shape index (κ2) is 6.98. The Morgan fingerprint density at radius 1 is 1.45 bits per heavy atom. The fourth-order valence-corrected chi connectivity index (χ4v) is 2.75. The van der Waals surface area contributed by atoms with Crippen LogP contribution in [0, 0.1) is 11.8 Å². The van der Waals surface area contributed by atoms with Crippen LogP contribution in [0.5, 0.6) is 0 Å².